The molecule has 0 spiro atoms. The smallest absolute Gasteiger partial charge is 0.0325 e. The first-order chi connectivity index (χ1) is 4.39. The van der Waals surface area contributed by atoms with Crippen LogP contribution in [-0.2, 0) is 0 Å². The lowest BCUT2D eigenvalue weighted by atomic mass is 9.97. The lowest BCUT2D eigenvalue weighted by Crippen LogP contribution is -1.94. The summed E-state index contributed by atoms with van der Waals surface area (Å²) in [5.74, 6) is 0.949. The Labute approximate surface area is 59.0 Å². The van der Waals surface area contributed by atoms with Gasteiger partial charge >= 0.3 is 0 Å². The molecule has 1 aliphatic carbocycles. The Hall–Kier alpha value is -0.260. The van der Waals surface area contributed by atoms with Crippen LogP contribution >= 0.6 is 0 Å². The molecule has 1 atom stereocenters. The van der Waals surface area contributed by atoms with Gasteiger partial charge in [-0.1, -0.05) is 32.9 Å². The van der Waals surface area contributed by atoms with Gasteiger partial charge in [-0.15, -0.1) is 0 Å². The van der Waals surface area contributed by atoms with Gasteiger partial charge in [0.25, 0.3) is 0 Å². The predicted molar refractivity (Wildman–Crippen MR) is 43.5 cm³/mol. The Morgan fingerprint density at radius 3 is 2.11 bits per heavy atom. The van der Waals surface area contributed by atoms with E-state index in [1.807, 2.05) is 13.8 Å². The minimum atomic E-state index is 0.949. The monoisotopic (exact) mass is 126 g/mol. The fourth-order valence-corrected chi connectivity index (χ4v) is 0.945. The van der Waals surface area contributed by atoms with Crippen LogP contribution in [0.2, 0.25) is 0 Å². The van der Waals surface area contributed by atoms with Gasteiger partial charge in [0.2, 0.25) is 0 Å². The van der Waals surface area contributed by atoms with Crippen molar-refractivity contribution < 1.29 is 0 Å². The molecule has 0 bridgehead atoms. The SMILES string of the molecule is CC.C[C@H]1CC=CCC1. The molecule has 0 N–H and O–H groups in total. The molecule has 0 aromatic heterocycles. The molecule has 0 radical (unpaired) electrons. The Kier molecular flexibility index (Phi) is 5.70. The van der Waals surface area contributed by atoms with Gasteiger partial charge in [0.15, 0.2) is 0 Å². The average Bonchev–Trinajstić information content (AvgIpc) is 1.94. The normalized spacial score (nSPS) is 24.6. The van der Waals surface area contributed by atoms with Crippen LogP contribution in [0.1, 0.15) is 40.0 Å². The Morgan fingerprint density at radius 1 is 1.22 bits per heavy atom. The standard InChI is InChI=1S/C7H12.C2H6/c1-7-5-3-2-4-6-7;1-2/h2-3,7H,4-6H2,1H3;1-2H3/t7-;/m0./s1. The van der Waals surface area contributed by atoms with E-state index < -0.39 is 0 Å². The molecule has 1 rings (SSSR count). The second-order valence-corrected chi connectivity index (χ2v) is 2.39. The lowest BCUT2D eigenvalue weighted by Gasteiger charge is -2.09. The molecule has 54 valence electrons. The topological polar surface area (TPSA) is 0 Å². The molecule has 1 aliphatic rings. The summed E-state index contributed by atoms with van der Waals surface area (Å²) in [5.41, 5.74) is 0. The molecule has 0 saturated carbocycles. The van der Waals surface area contributed by atoms with Crippen molar-refractivity contribution in [3.63, 3.8) is 0 Å². The van der Waals surface area contributed by atoms with Crippen molar-refractivity contribution in [1.82, 2.24) is 0 Å². The van der Waals surface area contributed by atoms with Gasteiger partial charge < -0.3 is 0 Å². The third-order valence-corrected chi connectivity index (χ3v) is 1.53. The third-order valence-electron chi connectivity index (χ3n) is 1.53. The van der Waals surface area contributed by atoms with Crippen LogP contribution in [0.4, 0.5) is 0 Å². The number of hydrogen-bond acceptors (Lipinski definition) is 0. The molecule has 0 saturated heterocycles. The summed E-state index contributed by atoms with van der Waals surface area (Å²) < 4.78 is 0. The van der Waals surface area contributed by atoms with E-state index >= 15 is 0 Å². The maximum atomic E-state index is 2.31. The van der Waals surface area contributed by atoms with Crippen LogP contribution in [-0.4, -0.2) is 0 Å². The van der Waals surface area contributed by atoms with Gasteiger partial charge in [-0.2, -0.15) is 0 Å². The van der Waals surface area contributed by atoms with Gasteiger partial charge in [-0.3, -0.25) is 0 Å². The maximum Gasteiger partial charge on any atom is -0.0325 e. The molecule has 0 heterocycles. The first-order valence-electron chi connectivity index (χ1n) is 4.04. The van der Waals surface area contributed by atoms with Crippen molar-refractivity contribution in [2.45, 2.75) is 40.0 Å². The summed E-state index contributed by atoms with van der Waals surface area (Å²) in [6.07, 6.45) is 8.58. The molecule has 9 heavy (non-hydrogen) atoms. The second-order valence-electron chi connectivity index (χ2n) is 2.39. The van der Waals surface area contributed by atoms with E-state index in [1.165, 1.54) is 19.3 Å². The third kappa shape index (κ3) is 4.26. The molecule has 0 nitrogen and oxygen atoms in total. The highest BCUT2D eigenvalue weighted by atomic mass is 14.1. The van der Waals surface area contributed by atoms with Crippen LogP contribution in [0.15, 0.2) is 12.2 Å². The molecule has 0 aliphatic heterocycles. The fraction of sp³-hybridized carbons (Fsp3) is 0.778. The van der Waals surface area contributed by atoms with E-state index in [4.69, 9.17) is 0 Å². The highest BCUT2D eigenvalue weighted by molar-refractivity contribution is 4.88. The van der Waals surface area contributed by atoms with Gasteiger partial charge in [-0.25, -0.2) is 0 Å². The van der Waals surface area contributed by atoms with Gasteiger partial charge in [-0.05, 0) is 25.2 Å². The number of rotatable bonds is 0. The van der Waals surface area contributed by atoms with Gasteiger partial charge in [0.05, 0.1) is 0 Å². The average molecular weight is 126 g/mol. The Balaban J connectivity index is 0.000000291. The van der Waals surface area contributed by atoms with Crippen LogP contribution in [0.3, 0.4) is 0 Å². The summed E-state index contributed by atoms with van der Waals surface area (Å²) in [6, 6.07) is 0. The minimum absolute atomic E-state index is 0.949. The first kappa shape index (κ1) is 8.74. The molecule has 0 fully saturated rings. The van der Waals surface area contributed by atoms with Crippen LogP contribution in [0, 0.1) is 5.92 Å². The Bertz CT molecular complexity index is 72.1. The Morgan fingerprint density at radius 2 is 1.89 bits per heavy atom. The minimum Gasteiger partial charge on any atom is -0.0885 e. The summed E-state index contributed by atoms with van der Waals surface area (Å²) in [6.45, 7) is 6.31. The molecule has 0 aromatic carbocycles. The summed E-state index contributed by atoms with van der Waals surface area (Å²) in [5, 5.41) is 0. The highest BCUT2D eigenvalue weighted by Gasteiger charge is 2.00. The van der Waals surface area contributed by atoms with Crippen molar-refractivity contribution in [2.75, 3.05) is 0 Å². The van der Waals surface area contributed by atoms with Crippen LogP contribution in [0.25, 0.3) is 0 Å². The molecule has 0 unspecified atom stereocenters. The van der Waals surface area contributed by atoms with E-state index in [0.29, 0.717) is 0 Å². The van der Waals surface area contributed by atoms with Crippen molar-refractivity contribution in [2.24, 2.45) is 5.92 Å². The number of hydrogen-bond donors (Lipinski definition) is 0. The van der Waals surface area contributed by atoms with Gasteiger partial charge in [0, 0.05) is 0 Å². The molecular formula is C9H18. The van der Waals surface area contributed by atoms with Crippen molar-refractivity contribution >= 4 is 0 Å². The van der Waals surface area contributed by atoms with Crippen LogP contribution in [0.5, 0.6) is 0 Å². The zero-order valence-electron chi connectivity index (χ0n) is 6.85. The van der Waals surface area contributed by atoms with Crippen molar-refractivity contribution in [3.05, 3.63) is 12.2 Å². The first-order valence-corrected chi connectivity index (χ1v) is 4.04. The van der Waals surface area contributed by atoms with Crippen molar-refractivity contribution in [1.29, 1.82) is 0 Å². The largest absolute Gasteiger partial charge is 0.0885 e. The molecular weight excluding hydrogens is 108 g/mol. The molecule has 0 heteroatoms. The van der Waals surface area contributed by atoms with E-state index in [1.54, 1.807) is 0 Å². The van der Waals surface area contributed by atoms with E-state index in [-0.39, 0.29) is 0 Å². The lowest BCUT2D eigenvalue weighted by molar-refractivity contribution is 0.527. The summed E-state index contributed by atoms with van der Waals surface area (Å²) in [7, 11) is 0. The van der Waals surface area contributed by atoms with Crippen LogP contribution < -0.4 is 0 Å². The van der Waals surface area contributed by atoms with E-state index in [2.05, 4.69) is 19.1 Å². The predicted octanol–water partition coefficient (Wildman–Crippen LogP) is 3.39. The maximum absolute atomic E-state index is 2.31. The highest BCUT2D eigenvalue weighted by Crippen LogP contribution is 2.15. The van der Waals surface area contributed by atoms with E-state index in [9.17, 15) is 0 Å². The quantitative estimate of drug-likeness (QED) is 0.436. The zero-order chi connectivity index (χ0) is 7.11. The summed E-state index contributed by atoms with van der Waals surface area (Å²) >= 11 is 0. The zero-order valence-corrected chi connectivity index (χ0v) is 6.85. The van der Waals surface area contributed by atoms with Crippen molar-refractivity contribution in [3.8, 4) is 0 Å². The second kappa shape index (κ2) is 5.87. The van der Waals surface area contributed by atoms with Gasteiger partial charge in [0.1, 0.15) is 0 Å². The molecule has 0 amide bonds. The number of allylic oxidation sites excluding steroid dienone is 2. The summed E-state index contributed by atoms with van der Waals surface area (Å²) in [4.78, 5) is 0. The van der Waals surface area contributed by atoms with E-state index in [0.717, 1.165) is 5.92 Å². The fourth-order valence-electron chi connectivity index (χ4n) is 0.945. The molecule has 0 aromatic rings.